The lowest BCUT2D eigenvalue weighted by molar-refractivity contribution is -0.119. The SMILES string of the molecule is O=C(CS(=O)(=O)c1ccc(F)cc1)NC1CCOCC1. The van der Waals surface area contributed by atoms with Crippen LogP contribution < -0.4 is 5.32 Å². The molecule has 1 aliphatic rings. The lowest BCUT2D eigenvalue weighted by Gasteiger charge is -2.23. The van der Waals surface area contributed by atoms with Gasteiger partial charge in [0.1, 0.15) is 11.6 Å². The predicted octanol–water partition coefficient (Wildman–Crippen LogP) is 0.895. The molecule has 0 radical (unpaired) electrons. The van der Waals surface area contributed by atoms with E-state index >= 15 is 0 Å². The van der Waals surface area contributed by atoms with Crippen LogP contribution in [0, 0.1) is 5.82 Å². The van der Waals surface area contributed by atoms with Gasteiger partial charge in [0, 0.05) is 19.3 Å². The van der Waals surface area contributed by atoms with Crippen molar-refractivity contribution in [3.63, 3.8) is 0 Å². The van der Waals surface area contributed by atoms with Crippen LogP contribution >= 0.6 is 0 Å². The van der Waals surface area contributed by atoms with Crippen LogP contribution in [0.25, 0.3) is 0 Å². The molecule has 1 heterocycles. The number of amides is 1. The first-order chi connectivity index (χ1) is 9.47. The number of hydrogen-bond donors (Lipinski definition) is 1. The zero-order chi connectivity index (χ0) is 14.6. The third-order valence-corrected chi connectivity index (χ3v) is 4.71. The number of carbonyl (C=O) groups is 1. The third-order valence-electron chi connectivity index (χ3n) is 3.08. The van der Waals surface area contributed by atoms with Crippen LogP contribution in [0.5, 0.6) is 0 Å². The molecule has 0 spiro atoms. The van der Waals surface area contributed by atoms with Gasteiger partial charge in [-0.15, -0.1) is 0 Å². The number of rotatable bonds is 4. The summed E-state index contributed by atoms with van der Waals surface area (Å²) in [5.41, 5.74) is 0. The van der Waals surface area contributed by atoms with Crippen LogP contribution in [-0.2, 0) is 19.4 Å². The Morgan fingerprint density at radius 1 is 1.25 bits per heavy atom. The summed E-state index contributed by atoms with van der Waals surface area (Å²) in [6.07, 6.45) is 1.37. The summed E-state index contributed by atoms with van der Waals surface area (Å²) < 4.78 is 41.9. The molecule has 0 atom stereocenters. The van der Waals surface area contributed by atoms with Crippen LogP contribution in [-0.4, -0.2) is 39.3 Å². The van der Waals surface area contributed by atoms with Gasteiger partial charge in [-0.3, -0.25) is 4.79 Å². The Kier molecular flexibility index (Phi) is 4.72. The average molecular weight is 301 g/mol. The highest BCUT2D eigenvalue weighted by atomic mass is 32.2. The zero-order valence-electron chi connectivity index (χ0n) is 10.8. The first kappa shape index (κ1) is 14.9. The molecular formula is C13H16FNO4S. The van der Waals surface area contributed by atoms with Crippen molar-refractivity contribution >= 4 is 15.7 Å². The minimum absolute atomic E-state index is 0.0420. The maximum absolute atomic E-state index is 12.8. The predicted molar refractivity (Wildman–Crippen MR) is 70.4 cm³/mol. The quantitative estimate of drug-likeness (QED) is 0.839. The van der Waals surface area contributed by atoms with Gasteiger partial charge >= 0.3 is 0 Å². The maximum atomic E-state index is 12.8. The van der Waals surface area contributed by atoms with Gasteiger partial charge in [0.05, 0.1) is 4.90 Å². The van der Waals surface area contributed by atoms with Crippen molar-refractivity contribution in [3.05, 3.63) is 30.1 Å². The number of nitrogens with one attached hydrogen (secondary N) is 1. The Balaban J connectivity index is 1.97. The van der Waals surface area contributed by atoms with E-state index in [0.717, 1.165) is 24.3 Å². The van der Waals surface area contributed by atoms with Crippen LogP contribution in [0.4, 0.5) is 4.39 Å². The molecule has 20 heavy (non-hydrogen) atoms. The molecule has 0 saturated carbocycles. The topological polar surface area (TPSA) is 72.5 Å². The van der Waals surface area contributed by atoms with E-state index in [1.165, 1.54) is 0 Å². The molecule has 1 amide bonds. The van der Waals surface area contributed by atoms with Gasteiger partial charge in [0.15, 0.2) is 9.84 Å². The highest BCUT2D eigenvalue weighted by Crippen LogP contribution is 2.12. The molecule has 0 aliphatic carbocycles. The number of benzene rings is 1. The van der Waals surface area contributed by atoms with Crippen molar-refractivity contribution in [2.45, 2.75) is 23.8 Å². The van der Waals surface area contributed by atoms with Gasteiger partial charge in [-0.25, -0.2) is 12.8 Å². The van der Waals surface area contributed by atoms with Gasteiger partial charge in [0.25, 0.3) is 0 Å². The summed E-state index contributed by atoms with van der Waals surface area (Å²) in [6, 6.07) is 4.39. The summed E-state index contributed by atoms with van der Waals surface area (Å²) in [6.45, 7) is 1.13. The van der Waals surface area contributed by atoms with E-state index in [1.807, 2.05) is 0 Å². The maximum Gasteiger partial charge on any atom is 0.235 e. The third kappa shape index (κ3) is 4.01. The highest BCUT2D eigenvalue weighted by Gasteiger charge is 2.22. The zero-order valence-corrected chi connectivity index (χ0v) is 11.7. The lowest BCUT2D eigenvalue weighted by atomic mass is 10.1. The molecule has 5 nitrogen and oxygen atoms in total. The fourth-order valence-corrected chi connectivity index (χ4v) is 3.16. The van der Waals surface area contributed by atoms with Gasteiger partial charge in [-0.05, 0) is 37.1 Å². The highest BCUT2D eigenvalue weighted by molar-refractivity contribution is 7.92. The van der Waals surface area contributed by atoms with Crippen LogP contribution in [0.3, 0.4) is 0 Å². The fraction of sp³-hybridized carbons (Fsp3) is 0.462. The molecule has 1 saturated heterocycles. The van der Waals surface area contributed by atoms with E-state index in [1.54, 1.807) is 0 Å². The molecule has 1 aliphatic heterocycles. The minimum Gasteiger partial charge on any atom is -0.381 e. The Bertz CT molecular complexity index is 565. The Morgan fingerprint density at radius 2 is 1.85 bits per heavy atom. The number of hydrogen-bond acceptors (Lipinski definition) is 4. The van der Waals surface area contributed by atoms with Gasteiger partial charge in [-0.1, -0.05) is 0 Å². The molecule has 0 unspecified atom stereocenters. The molecule has 1 fully saturated rings. The fourth-order valence-electron chi connectivity index (χ4n) is 2.01. The van der Waals surface area contributed by atoms with Gasteiger partial charge in [0.2, 0.25) is 5.91 Å². The van der Waals surface area contributed by atoms with Crippen molar-refractivity contribution in [2.24, 2.45) is 0 Å². The van der Waals surface area contributed by atoms with E-state index in [4.69, 9.17) is 4.74 Å². The van der Waals surface area contributed by atoms with Crippen molar-refractivity contribution in [2.75, 3.05) is 19.0 Å². The van der Waals surface area contributed by atoms with E-state index in [9.17, 15) is 17.6 Å². The second kappa shape index (κ2) is 6.32. The smallest absolute Gasteiger partial charge is 0.235 e. The van der Waals surface area contributed by atoms with E-state index in [2.05, 4.69) is 5.32 Å². The van der Waals surface area contributed by atoms with E-state index in [-0.39, 0.29) is 10.9 Å². The van der Waals surface area contributed by atoms with Crippen LogP contribution in [0.2, 0.25) is 0 Å². The van der Waals surface area contributed by atoms with Crippen molar-refractivity contribution < 1.29 is 22.3 Å². The van der Waals surface area contributed by atoms with Crippen molar-refractivity contribution in [3.8, 4) is 0 Å². The first-order valence-electron chi connectivity index (χ1n) is 6.33. The normalized spacial score (nSPS) is 16.9. The minimum atomic E-state index is -3.74. The summed E-state index contributed by atoms with van der Waals surface area (Å²) in [7, 11) is -3.74. The molecule has 7 heteroatoms. The number of sulfone groups is 1. The summed E-state index contributed by atoms with van der Waals surface area (Å²) in [5.74, 6) is -1.69. The second-order valence-corrected chi connectivity index (χ2v) is 6.66. The number of carbonyl (C=O) groups excluding carboxylic acids is 1. The largest absolute Gasteiger partial charge is 0.381 e. The monoisotopic (exact) mass is 301 g/mol. The Morgan fingerprint density at radius 3 is 2.45 bits per heavy atom. The Hall–Kier alpha value is -1.47. The molecular weight excluding hydrogens is 285 g/mol. The molecule has 0 aromatic heterocycles. The van der Waals surface area contributed by atoms with Crippen molar-refractivity contribution in [1.29, 1.82) is 0 Å². The number of ether oxygens (including phenoxy) is 1. The first-order valence-corrected chi connectivity index (χ1v) is 7.98. The van der Waals surface area contributed by atoms with E-state index < -0.39 is 27.3 Å². The Labute approximate surface area is 117 Å². The molecule has 1 aromatic carbocycles. The molecule has 2 rings (SSSR count). The summed E-state index contributed by atoms with van der Waals surface area (Å²) in [4.78, 5) is 11.7. The molecule has 0 bridgehead atoms. The van der Waals surface area contributed by atoms with E-state index in [0.29, 0.717) is 26.1 Å². The molecule has 1 N–H and O–H groups in total. The summed E-state index contributed by atoms with van der Waals surface area (Å²) >= 11 is 0. The average Bonchev–Trinajstić information content (AvgIpc) is 2.39. The van der Waals surface area contributed by atoms with Gasteiger partial charge in [-0.2, -0.15) is 0 Å². The molecule has 110 valence electrons. The van der Waals surface area contributed by atoms with Gasteiger partial charge < -0.3 is 10.1 Å². The van der Waals surface area contributed by atoms with Crippen molar-refractivity contribution in [1.82, 2.24) is 5.32 Å². The number of halogens is 1. The van der Waals surface area contributed by atoms with Crippen LogP contribution in [0.1, 0.15) is 12.8 Å². The standard InChI is InChI=1S/C13H16FNO4S/c14-10-1-3-12(4-2-10)20(17,18)9-13(16)15-11-5-7-19-8-6-11/h1-4,11H,5-9H2,(H,15,16). The molecule has 1 aromatic rings. The second-order valence-electron chi connectivity index (χ2n) is 4.67. The summed E-state index contributed by atoms with van der Waals surface area (Å²) in [5, 5.41) is 2.68. The van der Waals surface area contributed by atoms with Crippen LogP contribution in [0.15, 0.2) is 29.2 Å². The lowest BCUT2D eigenvalue weighted by Crippen LogP contribution is -2.41.